The molecule has 58 heavy (non-hydrogen) atoms. The Hall–Kier alpha value is -7.82. The van der Waals surface area contributed by atoms with E-state index in [-0.39, 0.29) is 0 Å². The molecule has 0 aliphatic heterocycles. The number of benzene rings is 9. The van der Waals surface area contributed by atoms with Gasteiger partial charge >= 0.3 is 0 Å². The molecule has 4 heteroatoms. The molecule has 0 spiro atoms. The summed E-state index contributed by atoms with van der Waals surface area (Å²) in [5.41, 5.74) is 13.2. The molecule has 0 saturated carbocycles. The SMILES string of the molecule is c1ccc(-c2cccc(-n3c4ccccc4c4c5c6ccc7ccccc7c6n(-c6cccc(-c7nc(-c8ccccc8)c8ccccc8n7)c6)c5ccc43)c2)cc1. The molecule has 0 atom stereocenters. The van der Waals surface area contributed by atoms with E-state index in [4.69, 9.17) is 9.97 Å². The van der Waals surface area contributed by atoms with Gasteiger partial charge in [-0.1, -0.05) is 158 Å². The summed E-state index contributed by atoms with van der Waals surface area (Å²) >= 11 is 0. The van der Waals surface area contributed by atoms with Crippen LogP contribution in [0.3, 0.4) is 0 Å². The van der Waals surface area contributed by atoms with Crippen molar-refractivity contribution >= 4 is 65.3 Å². The van der Waals surface area contributed by atoms with Crippen LogP contribution in [0.1, 0.15) is 0 Å². The van der Waals surface area contributed by atoms with Crippen LogP contribution in [0.4, 0.5) is 0 Å². The molecule has 12 rings (SSSR count). The second-order valence-corrected chi connectivity index (χ2v) is 15.0. The zero-order valence-corrected chi connectivity index (χ0v) is 31.4. The van der Waals surface area contributed by atoms with Gasteiger partial charge in [-0.3, -0.25) is 0 Å². The van der Waals surface area contributed by atoms with E-state index in [9.17, 15) is 0 Å². The zero-order chi connectivity index (χ0) is 38.2. The second-order valence-electron chi connectivity index (χ2n) is 15.0. The second kappa shape index (κ2) is 12.9. The van der Waals surface area contributed by atoms with Crippen LogP contribution in [0.5, 0.6) is 0 Å². The highest BCUT2D eigenvalue weighted by atomic mass is 15.0. The summed E-state index contributed by atoms with van der Waals surface area (Å²) in [7, 11) is 0. The molecule has 9 aromatic carbocycles. The van der Waals surface area contributed by atoms with Crippen LogP contribution in [0, 0.1) is 0 Å². The van der Waals surface area contributed by atoms with Crippen LogP contribution in [-0.2, 0) is 0 Å². The fourth-order valence-corrected chi connectivity index (χ4v) is 9.13. The molecule has 0 bridgehead atoms. The average Bonchev–Trinajstić information content (AvgIpc) is 3.82. The quantitative estimate of drug-likeness (QED) is 0.176. The maximum Gasteiger partial charge on any atom is 0.160 e. The Labute approximate surface area is 334 Å². The van der Waals surface area contributed by atoms with Crippen molar-refractivity contribution in [3.05, 3.63) is 206 Å². The molecule has 0 fully saturated rings. The molecule has 0 radical (unpaired) electrons. The number of aromatic nitrogens is 4. The van der Waals surface area contributed by atoms with E-state index in [2.05, 4.69) is 203 Å². The Morgan fingerprint density at radius 1 is 0.328 bits per heavy atom. The number of nitrogens with zero attached hydrogens (tertiary/aromatic N) is 4. The zero-order valence-electron chi connectivity index (χ0n) is 31.4. The summed E-state index contributed by atoms with van der Waals surface area (Å²) in [5.74, 6) is 0.702. The van der Waals surface area contributed by atoms with Crippen molar-refractivity contribution in [3.8, 4) is 45.1 Å². The minimum Gasteiger partial charge on any atom is -0.309 e. The highest BCUT2D eigenvalue weighted by molar-refractivity contribution is 6.31. The number of hydrogen-bond donors (Lipinski definition) is 0. The summed E-state index contributed by atoms with van der Waals surface area (Å²) in [6.07, 6.45) is 0. The van der Waals surface area contributed by atoms with Gasteiger partial charge in [0.25, 0.3) is 0 Å². The van der Waals surface area contributed by atoms with E-state index in [1.807, 2.05) is 12.1 Å². The van der Waals surface area contributed by atoms with Crippen molar-refractivity contribution in [3.63, 3.8) is 0 Å². The summed E-state index contributed by atoms with van der Waals surface area (Å²) in [6.45, 7) is 0. The van der Waals surface area contributed by atoms with Crippen LogP contribution in [-0.4, -0.2) is 19.1 Å². The van der Waals surface area contributed by atoms with E-state index >= 15 is 0 Å². The predicted octanol–water partition coefficient (Wildman–Crippen LogP) is 14.0. The lowest BCUT2D eigenvalue weighted by Gasteiger charge is -2.13. The van der Waals surface area contributed by atoms with Gasteiger partial charge in [-0.2, -0.15) is 0 Å². The molecule has 0 N–H and O–H groups in total. The monoisotopic (exact) mass is 738 g/mol. The summed E-state index contributed by atoms with van der Waals surface area (Å²) in [6, 6.07) is 73.8. The maximum absolute atomic E-state index is 5.25. The number of para-hydroxylation sites is 2. The smallest absolute Gasteiger partial charge is 0.160 e. The Balaban J connectivity index is 1.14. The molecule has 0 aliphatic rings. The molecule has 4 nitrogen and oxygen atoms in total. The lowest BCUT2D eigenvalue weighted by Crippen LogP contribution is -1.98. The Morgan fingerprint density at radius 3 is 1.72 bits per heavy atom. The van der Waals surface area contributed by atoms with Crippen LogP contribution in [0.25, 0.3) is 110 Å². The largest absolute Gasteiger partial charge is 0.309 e. The summed E-state index contributed by atoms with van der Waals surface area (Å²) in [4.78, 5) is 10.4. The highest BCUT2D eigenvalue weighted by Crippen LogP contribution is 2.44. The van der Waals surface area contributed by atoms with Gasteiger partial charge in [0.2, 0.25) is 0 Å². The van der Waals surface area contributed by atoms with Crippen molar-refractivity contribution in [1.29, 1.82) is 0 Å². The van der Waals surface area contributed by atoms with Crippen molar-refractivity contribution in [2.45, 2.75) is 0 Å². The van der Waals surface area contributed by atoms with Gasteiger partial charge in [0.15, 0.2) is 5.82 Å². The van der Waals surface area contributed by atoms with E-state index in [1.165, 1.54) is 60.0 Å². The van der Waals surface area contributed by atoms with E-state index in [0.29, 0.717) is 5.82 Å². The Kier molecular flexibility index (Phi) is 7.20. The number of hydrogen-bond acceptors (Lipinski definition) is 2. The van der Waals surface area contributed by atoms with E-state index < -0.39 is 0 Å². The third-order valence-corrected chi connectivity index (χ3v) is 11.7. The lowest BCUT2D eigenvalue weighted by atomic mass is 10.0. The molecule has 270 valence electrons. The molecule has 3 heterocycles. The van der Waals surface area contributed by atoms with Crippen molar-refractivity contribution in [1.82, 2.24) is 19.1 Å². The standard InChI is InChI=1S/C54H34N4/c1-3-15-35(16-4-1)38-20-13-22-40(33-38)57-47-28-12-10-26-44(47)50-48(57)31-32-49-51(50)45-30-29-36-17-7-8-24-42(36)53(45)58(49)41-23-14-21-39(34-41)54-55-46-27-11-9-25-43(46)52(56-54)37-18-5-2-6-19-37/h1-34H. The first-order valence-corrected chi connectivity index (χ1v) is 19.8. The van der Waals surface area contributed by atoms with E-state index in [1.54, 1.807) is 0 Å². The molecule has 0 amide bonds. The lowest BCUT2D eigenvalue weighted by molar-refractivity contribution is 1.17. The fourth-order valence-electron chi connectivity index (χ4n) is 9.13. The van der Waals surface area contributed by atoms with Crippen molar-refractivity contribution in [2.75, 3.05) is 0 Å². The Bertz CT molecular complexity index is 3560. The van der Waals surface area contributed by atoms with Crippen molar-refractivity contribution < 1.29 is 0 Å². The molecule has 0 aliphatic carbocycles. The molecule has 3 aromatic heterocycles. The Morgan fingerprint density at radius 2 is 0.914 bits per heavy atom. The maximum atomic E-state index is 5.25. The van der Waals surface area contributed by atoms with Gasteiger partial charge in [0, 0.05) is 54.8 Å². The molecular formula is C54H34N4. The first kappa shape index (κ1) is 32.4. The fraction of sp³-hybridized carbons (Fsp3) is 0. The van der Waals surface area contributed by atoms with Gasteiger partial charge < -0.3 is 9.13 Å². The molecule has 0 unspecified atom stereocenters. The normalized spacial score (nSPS) is 11.8. The minimum atomic E-state index is 0.702. The third kappa shape index (κ3) is 4.95. The van der Waals surface area contributed by atoms with Crippen LogP contribution < -0.4 is 0 Å². The van der Waals surface area contributed by atoms with Gasteiger partial charge in [0.05, 0.1) is 33.3 Å². The van der Waals surface area contributed by atoms with Crippen LogP contribution >= 0.6 is 0 Å². The van der Waals surface area contributed by atoms with Gasteiger partial charge in [-0.25, -0.2) is 9.97 Å². The minimum absolute atomic E-state index is 0.702. The van der Waals surface area contributed by atoms with Gasteiger partial charge in [-0.05, 0) is 65.0 Å². The van der Waals surface area contributed by atoms with Crippen molar-refractivity contribution in [2.24, 2.45) is 0 Å². The molecule has 0 saturated heterocycles. The molecule has 12 aromatic rings. The first-order chi connectivity index (χ1) is 28.8. The summed E-state index contributed by atoms with van der Waals surface area (Å²) < 4.78 is 4.89. The van der Waals surface area contributed by atoms with E-state index in [0.717, 1.165) is 44.6 Å². The third-order valence-electron chi connectivity index (χ3n) is 11.7. The number of rotatable bonds is 5. The molecular weight excluding hydrogens is 705 g/mol. The first-order valence-electron chi connectivity index (χ1n) is 19.8. The highest BCUT2D eigenvalue weighted by Gasteiger charge is 2.22. The summed E-state index contributed by atoms with van der Waals surface area (Å²) in [5, 5.41) is 8.40. The average molecular weight is 739 g/mol. The van der Waals surface area contributed by atoms with Gasteiger partial charge in [0.1, 0.15) is 0 Å². The predicted molar refractivity (Wildman–Crippen MR) is 242 cm³/mol. The van der Waals surface area contributed by atoms with Crippen LogP contribution in [0.15, 0.2) is 206 Å². The topological polar surface area (TPSA) is 35.6 Å². The van der Waals surface area contributed by atoms with Gasteiger partial charge in [-0.15, -0.1) is 0 Å². The number of fused-ring (bicyclic) bond motifs is 10. The van der Waals surface area contributed by atoms with Crippen LogP contribution in [0.2, 0.25) is 0 Å².